The quantitative estimate of drug-likeness (QED) is 0.497. The van der Waals surface area contributed by atoms with Gasteiger partial charge in [-0.3, -0.25) is 19.5 Å². The minimum Gasteiger partial charge on any atom is -0.336 e. The zero-order chi connectivity index (χ0) is 22.1. The third-order valence-corrected chi connectivity index (χ3v) is 6.94. The molecule has 162 valence electrons. The molecule has 0 spiro atoms. The summed E-state index contributed by atoms with van der Waals surface area (Å²) >= 11 is 7.41. The van der Waals surface area contributed by atoms with Crippen LogP contribution in [0.1, 0.15) is 16.2 Å². The van der Waals surface area contributed by atoms with Crippen molar-refractivity contribution < 1.29 is 4.79 Å². The van der Waals surface area contributed by atoms with Crippen LogP contribution in [0.2, 0.25) is 5.02 Å². The maximum Gasteiger partial charge on any atom is 0.268 e. The number of aromatic amines is 1. The van der Waals surface area contributed by atoms with Gasteiger partial charge in [0.2, 0.25) is 0 Å². The van der Waals surface area contributed by atoms with Crippen LogP contribution >= 0.6 is 22.9 Å². The first kappa shape index (κ1) is 20.8. The number of pyridine rings is 1. The smallest absolute Gasteiger partial charge is 0.268 e. The molecule has 1 aromatic carbocycles. The maximum atomic E-state index is 12.7. The van der Waals surface area contributed by atoms with Gasteiger partial charge in [0.1, 0.15) is 10.5 Å². The lowest BCUT2D eigenvalue weighted by Crippen LogP contribution is -2.48. The van der Waals surface area contributed by atoms with Crippen molar-refractivity contribution in [1.29, 1.82) is 0 Å². The number of H-pyrrole nitrogens is 1. The standard InChI is InChI=1S/C23H20ClN5O2S/c24-17-3-1-15(2-4-17)19-13-18-21(32-19)22(30)27-20(26-18)14-28-9-11-29(12-10-28)23(31)16-5-7-25-8-6-16/h1-8,13H,9-12,14H2,(H,26,27,30). The molecular weight excluding hydrogens is 446 g/mol. The fourth-order valence-corrected chi connectivity index (χ4v) is 4.94. The number of halogens is 1. The van der Waals surface area contributed by atoms with E-state index in [0.29, 0.717) is 46.3 Å². The lowest BCUT2D eigenvalue weighted by atomic mass is 10.2. The van der Waals surface area contributed by atoms with Crippen molar-refractivity contribution in [2.75, 3.05) is 26.2 Å². The minimum absolute atomic E-state index is 0.0213. The van der Waals surface area contributed by atoms with E-state index in [-0.39, 0.29) is 11.5 Å². The third kappa shape index (κ3) is 4.29. The van der Waals surface area contributed by atoms with Crippen LogP contribution in [0.5, 0.6) is 0 Å². The van der Waals surface area contributed by atoms with Crippen molar-refractivity contribution in [3.05, 3.63) is 81.6 Å². The fraction of sp³-hybridized carbons (Fsp3) is 0.217. The molecule has 4 aromatic rings. The van der Waals surface area contributed by atoms with Crippen LogP contribution in [-0.2, 0) is 6.54 Å². The van der Waals surface area contributed by atoms with Gasteiger partial charge in [0.25, 0.3) is 11.5 Å². The third-order valence-electron chi connectivity index (χ3n) is 5.52. The highest BCUT2D eigenvalue weighted by Gasteiger charge is 2.23. The molecule has 1 amide bonds. The lowest BCUT2D eigenvalue weighted by molar-refractivity contribution is 0.0625. The van der Waals surface area contributed by atoms with E-state index in [4.69, 9.17) is 16.6 Å². The SMILES string of the molecule is O=C(c1ccncc1)N1CCN(Cc2nc3cc(-c4ccc(Cl)cc4)sc3c(=O)[nH]2)CC1. The number of nitrogens with one attached hydrogen (secondary N) is 1. The monoisotopic (exact) mass is 465 g/mol. The molecule has 1 aliphatic heterocycles. The molecule has 32 heavy (non-hydrogen) atoms. The molecule has 9 heteroatoms. The number of thiophene rings is 1. The van der Waals surface area contributed by atoms with Crippen LogP contribution in [-0.4, -0.2) is 56.8 Å². The van der Waals surface area contributed by atoms with E-state index in [1.54, 1.807) is 24.5 Å². The Labute approximate surface area is 193 Å². The van der Waals surface area contributed by atoms with Gasteiger partial charge >= 0.3 is 0 Å². The Morgan fingerprint density at radius 1 is 1.06 bits per heavy atom. The van der Waals surface area contributed by atoms with Crippen molar-refractivity contribution in [3.8, 4) is 10.4 Å². The van der Waals surface area contributed by atoms with Gasteiger partial charge in [0.05, 0.1) is 12.1 Å². The summed E-state index contributed by atoms with van der Waals surface area (Å²) in [7, 11) is 0. The van der Waals surface area contributed by atoms with Crippen LogP contribution < -0.4 is 5.56 Å². The highest BCUT2D eigenvalue weighted by atomic mass is 35.5. The number of fused-ring (bicyclic) bond motifs is 1. The Bertz CT molecular complexity index is 1310. The van der Waals surface area contributed by atoms with Crippen LogP contribution in [0.4, 0.5) is 0 Å². The zero-order valence-corrected chi connectivity index (χ0v) is 18.7. The summed E-state index contributed by atoms with van der Waals surface area (Å²) in [6.07, 6.45) is 3.26. The Kier molecular flexibility index (Phi) is 5.73. The second kappa shape index (κ2) is 8.82. The number of aromatic nitrogens is 3. The predicted molar refractivity (Wildman–Crippen MR) is 126 cm³/mol. The number of benzene rings is 1. The first-order valence-electron chi connectivity index (χ1n) is 10.3. The number of nitrogens with zero attached hydrogens (tertiary/aromatic N) is 4. The number of carbonyl (C=O) groups excluding carboxylic acids is 1. The van der Waals surface area contributed by atoms with E-state index in [0.717, 1.165) is 23.5 Å². The maximum absolute atomic E-state index is 12.7. The topological polar surface area (TPSA) is 82.2 Å². The summed E-state index contributed by atoms with van der Waals surface area (Å²) < 4.78 is 0.617. The number of hydrogen-bond donors (Lipinski definition) is 1. The Morgan fingerprint density at radius 3 is 2.50 bits per heavy atom. The Balaban J connectivity index is 1.28. The molecule has 4 heterocycles. The lowest BCUT2D eigenvalue weighted by Gasteiger charge is -2.34. The van der Waals surface area contributed by atoms with Gasteiger partial charge in [0.15, 0.2) is 0 Å². The first-order chi connectivity index (χ1) is 15.6. The molecule has 0 radical (unpaired) electrons. The molecule has 0 atom stereocenters. The van der Waals surface area contributed by atoms with E-state index in [1.165, 1.54) is 11.3 Å². The Morgan fingerprint density at radius 2 is 1.78 bits per heavy atom. The average molecular weight is 466 g/mol. The minimum atomic E-state index is -0.123. The fourth-order valence-electron chi connectivity index (χ4n) is 3.82. The number of amides is 1. The number of piperazine rings is 1. The van der Waals surface area contributed by atoms with Crippen molar-refractivity contribution in [3.63, 3.8) is 0 Å². The van der Waals surface area contributed by atoms with Gasteiger partial charge in [-0.2, -0.15) is 0 Å². The molecule has 5 rings (SSSR count). The Hall–Kier alpha value is -3.07. The molecule has 1 fully saturated rings. The molecule has 7 nitrogen and oxygen atoms in total. The van der Waals surface area contributed by atoms with E-state index < -0.39 is 0 Å². The number of rotatable bonds is 4. The number of hydrogen-bond acceptors (Lipinski definition) is 6. The molecule has 1 saturated heterocycles. The predicted octanol–water partition coefficient (Wildman–Crippen LogP) is 3.66. The molecule has 0 aliphatic carbocycles. The van der Waals surface area contributed by atoms with E-state index in [1.807, 2.05) is 35.2 Å². The summed E-state index contributed by atoms with van der Waals surface area (Å²) in [4.78, 5) is 41.9. The molecule has 3 aromatic heterocycles. The molecule has 0 bridgehead atoms. The number of carbonyl (C=O) groups is 1. The van der Waals surface area contributed by atoms with E-state index in [9.17, 15) is 9.59 Å². The van der Waals surface area contributed by atoms with Gasteiger partial charge in [0, 0.05) is 54.0 Å². The second-order valence-corrected chi connectivity index (χ2v) is 9.14. The van der Waals surface area contributed by atoms with Crippen molar-refractivity contribution in [1.82, 2.24) is 24.8 Å². The highest BCUT2D eigenvalue weighted by molar-refractivity contribution is 7.22. The molecule has 1 aliphatic rings. The van der Waals surface area contributed by atoms with Crippen molar-refractivity contribution >= 4 is 39.1 Å². The summed E-state index contributed by atoms with van der Waals surface area (Å²) in [6.45, 7) is 3.24. The van der Waals surface area contributed by atoms with Crippen molar-refractivity contribution in [2.45, 2.75) is 6.54 Å². The summed E-state index contributed by atoms with van der Waals surface area (Å²) in [5.74, 6) is 0.657. The van der Waals surface area contributed by atoms with Gasteiger partial charge in [-0.05, 0) is 35.9 Å². The van der Waals surface area contributed by atoms with Crippen LogP contribution in [0.25, 0.3) is 20.7 Å². The highest BCUT2D eigenvalue weighted by Crippen LogP contribution is 2.31. The summed E-state index contributed by atoms with van der Waals surface area (Å²) in [5, 5.41) is 0.677. The van der Waals surface area contributed by atoms with Gasteiger partial charge in [-0.1, -0.05) is 23.7 Å². The molecule has 0 saturated carbocycles. The summed E-state index contributed by atoms with van der Waals surface area (Å²) in [6, 6.07) is 13.0. The van der Waals surface area contributed by atoms with E-state index in [2.05, 4.69) is 14.9 Å². The van der Waals surface area contributed by atoms with Gasteiger partial charge in [-0.15, -0.1) is 11.3 Å². The zero-order valence-electron chi connectivity index (χ0n) is 17.1. The van der Waals surface area contributed by atoms with Gasteiger partial charge < -0.3 is 9.88 Å². The normalized spacial score (nSPS) is 14.7. The van der Waals surface area contributed by atoms with Crippen LogP contribution in [0, 0.1) is 0 Å². The van der Waals surface area contributed by atoms with Crippen LogP contribution in [0.3, 0.4) is 0 Å². The summed E-state index contributed by atoms with van der Waals surface area (Å²) in [5.41, 5.74) is 2.24. The molecular formula is C23H20ClN5O2S. The van der Waals surface area contributed by atoms with Gasteiger partial charge in [-0.25, -0.2) is 4.98 Å². The van der Waals surface area contributed by atoms with Crippen molar-refractivity contribution in [2.24, 2.45) is 0 Å². The van der Waals surface area contributed by atoms with E-state index >= 15 is 0 Å². The molecule has 1 N–H and O–H groups in total. The largest absolute Gasteiger partial charge is 0.336 e. The average Bonchev–Trinajstić information content (AvgIpc) is 3.25. The van der Waals surface area contributed by atoms with Crippen LogP contribution in [0.15, 0.2) is 59.7 Å². The second-order valence-electron chi connectivity index (χ2n) is 7.65. The molecule has 0 unspecified atom stereocenters. The first-order valence-corrected chi connectivity index (χ1v) is 11.5.